The van der Waals surface area contributed by atoms with Crippen molar-refractivity contribution in [1.29, 1.82) is 0 Å². The van der Waals surface area contributed by atoms with Gasteiger partial charge < -0.3 is 15.0 Å². The Balaban J connectivity index is 1.84. The first-order valence-electron chi connectivity index (χ1n) is 15.2. The Labute approximate surface area is 276 Å². The summed E-state index contributed by atoms with van der Waals surface area (Å²) in [6, 6.07) is 29.6. The summed E-state index contributed by atoms with van der Waals surface area (Å²) in [6.07, 6.45) is 2.17. The molecule has 0 saturated heterocycles. The van der Waals surface area contributed by atoms with Crippen molar-refractivity contribution < 1.29 is 22.7 Å². The number of carbonyl (C=O) groups is 2. The van der Waals surface area contributed by atoms with Crippen LogP contribution in [0.1, 0.15) is 30.5 Å². The Morgan fingerprint density at radius 2 is 1.52 bits per heavy atom. The fourth-order valence-electron chi connectivity index (χ4n) is 5.15. The minimum absolute atomic E-state index is 0.0411. The third kappa shape index (κ3) is 8.50. The molecule has 4 aromatic carbocycles. The highest BCUT2D eigenvalue weighted by atomic mass is 32.2. The van der Waals surface area contributed by atoms with E-state index in [1.807, 2.05) is 81.6 Å². The van der Waals surface area contributed by atoms with Gasteiger partial charge in [-0.1, -0.05) is 66.7 Å². The molecule has 0 aliphatic heterocycles. The van der Waals surface area contributed by atoms with Crippen molar-refractivity contribution in [3.63, 3.8) is 0 Å². The van der Waals surface area contributed by atoms with Gasteiger partial charge >= 0.3 is 0 Å². The zero-order valence-electron chi connectivity index (χ0n) is 26.7. The topological polar surface area (TPSA) is 96.0 Å². The number of amides is 2. The van der Waals surface area contributed by atoms with Gasteiger partial charge in [0, 0.05) is 24.4 Å². The molecule has 0 aromatic heterocycles. The first kappa shape index (κ1) is 34.6. The summed E-state index contributed by atoms with van der Waals surface area (Å²) in [5.74, 6) is -0.506. The summed E-state index contributed by atoms with van der Waals surface area (Å²) in [5.41, 5.74) is 2.92. The van der Waals surface area contributed by atoms with Crippen molar-refractivity contribution in [2.75, 3.05) is 30.3 Å². The van der Waals surface area contributed by atoms with Gasteiger partial charge in [-0.05, 0) is 80.1 Å². The van der Waals surface area contributed by atoms with E-state index in [0.29, 0.717) is 18.9 Å². The lowest BCUT2D eigenvalue weighted by Gasteiger charge is -2.34. The molecule has 0 aliphatic rings. The van der Waals surface area contributed by atoms with E-state index in [1.54, 1.807) is 48.5 Å². The summed E-state index contributed by atoms with van der Waals surface area (Å²) in [7, 11) is -4.25. The molecule has 0 heterocycles. The molecule has 1 atom stereocenters. The van der Waals surface area contributed by atoms with Crippen molar-refractivity contribution in [3.8, 4) is 5.75 Å². The molecular formula is C36H41N3O5S2. The number of benzene rings is 4. The van der Waals surface area contributed by atoms with Crippen molar-refractivity contribution >= 4 is 39.3 Å². The van der Waals surface area contributed by atoms with Crippen LogP contribution in [0.4, 0.5) is 5.69 Å². The maximum absolute atomic E-state index is 14.6. The zero-order chi connectivity index (χ0) is 33.1. The van der Waals surface area contributed by atoms with Crippen LogP contribution >= 0.6 is 11.8 Å². The van der Waals surface area contributed by atoms with Crippen molar-refractivity contribution in [3.05, 3.63) is 120 Å². The summed E-state index contributed by atoms with van der Waals surface area (Å²) in [6.45, 7) is 5.83. The lowest BCUT2D eigenvalue weighted by atomic mass is 10.0. The Morgan fingerprint density at radius 3 is 2.17 bits per heavy atom. The first-order chi connectivity index (χ1) is 22.2. The standard InChI is InChI=1S/C36H41N3O5S2/c1-5-37-36(41)33(24-28-15-8-7-9-16-28)38(25-29-17-11-10-14-27(29)3)35(40)26-39(32-18-12-13-19-34(32)44-6-2)46(42,43)31-22-20-30(45-4)21-23-31/h7-23,33H,5-6,24-26H2,1-4H3,(H,37,41)/t33-/m0/s1. The highest BCUT2D eigenvalue weighted by Gasteiger charge is 2.35. The molecule has 0 aliphatic carbocycles. The molecule has 0 saturated carbocycles. The quantitative estimate of drug-likeness (QED) is 0.155. The van der Waals surface area contributed by atoms with Crippen LogP contribution in [-0.2, 0) is 32.6 Å². The van der Waals surface area contributed by atoms with E-state index in [1.165, 1.54) is 16.7 Å². The van der Waals surface area contributed by atoms with E-state index >= 15 is 0 Å². The number of rotatable bonds is 15. The summed E-state index contributed by atoms with van der Waals surface area (Å²) < 4.78 is 35.7. The highest BCUT2D eigenvalue weighted by Crippen LogP contribution is 2.33. The van der Waals surface area contributed by atoms with Crippen LogP contribution < -0.4 is 14.4 Å². The summed E-state index contributed by atoms with van der Waals surface area (Å²) in [5, 5.41) is 2.89. The second-order valence-corrected chi connectivity index (χ2v) is 13.4. The first-order valence-corrected chi connectivity index (χ1v) is 17.9. The third-order valence-corrected chi connectivity index (χ3v) is 10.1. The summed E-state index contributed by atoms with van der Waals surface area (Å²) >= 11 is 1.50. The predicted molar refractivity (Wildman–Crippen MR) is 185 cm³/mol. The van der Waals surface area contributed by atoms with Gasteiger partial charge in [0.15, 0.2) is 0 Å². The lowest BCUT2D eigenvalue weighted by molar-refractivity contribution is -0.140. The smallest absolute Gasteiger partial charge is 0.264 e. The van der Waals surface area contributed by atoms with Crippen molar-refractivity contribution in [1.82, 2.24) is 10.2 Å². The minimum atomic E-state index is -4.25. The molecule has 4 aromatic rings. The number of nitrogens with one attached hydrogen (secondary N) is 1. The van der Waals surface area contributed by atoms with E-state index in [-0.39, 0.29) is 29.5 Å². The van der Waals surface area contributed by atoms with E-state index in [4.69, 9.17) is 4.74 Å². The van der Waals surface area contributed by atoms with Gasteiger partial charge in [0.2, 0.25) is 11.8 Å². The predicted octanol–water partition coefficient (Wildman–Crippen LogP) is 6.09. The molecule has 242 valence electrons. The molecule has 1 N–H and O–H groups in total. The average molecular weight is 660 g/mol. The zero-order valence-corrected chi connectivity index (χ0v) is 28.3. The number of anilines is 1. The minimum Gasteiger partial charge on any atom is -0.492 e. The van der Waals surface area contributed by atoms with Gasteiger partial charge in [-0.3, -0.25) is 13.9 Å². The van der Waals surface area contributed by atoms with E-state index < -0.39 is 28.5 Å². The Hall–Kier alpha value is -4.28. The maximum Gasteiger partial charge on any atom is 0.264 e. The Morgan fingerprint density at radius 1 is 0.870 bits per heavy atom. The number of carbonyl (C=O) groups excluding carboxylic acids is 2. The van der Waals surface area contributed by atoms with Crippen molar-refractivity contribution in [2.24, 2.45) is 0 Å². The second-order valence-electron chi connectivity index (χ2n) is 10.6. The normalized spacial score (nSPS) is 11.8. The second kappa shape index (κ2) is 16.3. The van der Waals surface area contributed by atoms with E-state index in [0.717, 1.165) is 25.9 Å². The SMILES string of the molecule is CCNC(=O)[C@H](Cc1ccccc1)N(Cc1ccccc1C)C(=O)CN(c1ccccc1OCC)S(=O)(=O)c1ccc(SC)cc1. The molecular weight excluding hydrogens is 619 g/mol. The molecule has 0 fully saturated rings. The number of thioether (sulfide) groups is 1. The fraction of sp³-hybridized carbons (Fsp3) is 0.278. The van der Waals surface area contributed by atoms with Crippen LogP contribution in [0.15, 0.2) is 113 Å². The number of hydrogen-bond acceptors (Lipinski definition) is 6. The Bertz CT molecular complexity index is 1710. The van der Waals surface area contributed by atoms with Crippen LogP contribution in [0.3, 0.4) is 0 Å². The van der Waals surface area contributed by atoms with E-state index in [9.17, 15) is 18.0 Å². The van der Waals surface area contributed by atoms with Gasteiger partial charge in [0.1, 0.15) is 18.3 Å². The van der Waals surface area contributed by atoms with Gasteiger partial charge in [-0.15, -0.1) is 11.8 Å². The molecule has 10 heteroatoms. The number of aryl methyl sites for hydroxylation is 1. The van der Waals surface area contributed by atoms with Crippen LogP contribution in [0.2, 0.25) is 0 Å². The van der Waals surface area contributed by atoms with Crippen LogP contribution in [0.25, 0.3) is 0 Å². The molecule has 0 bridgehead atoms. The van der Waals surface area contributed by atoms with Crippen LogP contribution in [-0.4, -0.2) is 57.1 Å². The van der Waals surface area contributed by atoms with Crippen LogP contribution in [0.5, 0.6) is 5.75 Å². The number of likely N-dealkylation sites (N-methyl/N-ethyl adjacent to an activating group) is 1. The molecule has 0 spiro atoms. The molecule has 2 amide bonds. The number of nitrogens with zero attached hydrogens (tertiary/aromatic N) is 2. The molecule has 4 rings (SSSR count). The van der Waals surface area contributed by atoms with Crippen LogP contribution in [0, 0.1) is 6.92 Å². The number of hydrogen-bond donors (Lipinski definition) is 1. The number of sulfonamides is 1. The molecule has 46 heavy (non-hydrogen) atoms. The number of ether oxygens (including phenoxy) is 1. The molecule has 0 radical (unpaired) electrons. The monoisotopic (exact) mass is 659 g/mol. The molecule has 0 unspecified atom stereocenters. The van der Waals surface area contributed by atoms with Crippen molar-refractivity contribution in [2.45, 2.75) is 49.6 Å². The third-order valence-electron chi connectivity index (χ3n) is 7.58. The maximum atomic E-state index is 14.6. The lowest BCUT2D eigenvalue weighted by Crippen LogP contribution is -2.53. The number of para-hydroxylation sites is 2. The average Bonchev–Trinajstić information content (AvgIpc) is 3.07. The van der Waals surface area contributed by atoms with Gasteiger partial charge in [-0.2, -0.15) is 0 Å². The highest BCUT2D eigenvalue weighted by molar-refractivity contribution is 7.98. The van der Waals surface area contributed by atoms with E-state index in [2.05, 4.69) is 5.32 Å². The largest absolute Gasteiger partial charge is 0.492 e. The van der Waals surface area contributed by atoms with Gasteiger partial charge in [0.05, 0.1) is 17.2 Å². The molecule has 8 nitrogen and oxygen atoms in total. The fourth-order valence-corrected chi connectivity index (χ4v) is 6.98. The summed E-state index contributed by atoms with van der Waals surface area (Å²) in [4.78, 5) is 30.8. The van der Waals surface area contributed by atoms with Gasteiger partial charge in [0.25, 0.3) is 10.0 Å². The Kier molecular flexibility index (Phi) is 12.3. The van der Waals surface area contributed by atoms with Gasteiger partial charge in [-0.25, -0.2) is 8.42 Å².